The van der Waals surface area contributed by atoms with E-state index < -0.39 is 35.6 Å². The lowest BCUT2D eigenvalue weighted by Crippen LogP contribution is -2.51. The van der Waals surface area contributed by atoms with Gasteiger partial charge < -0.3 is 37.5 Å². The molecule has 3 rings (SSSR count). The molecule has 1 aromatic heterocycles. The fourth-order valence-electron chi connectivity index (χ4n) is 4.27. The topological polar surface area (TPSA) is 162 Å². The minimum Gasteiger partial charge on any atom is -0.437 e. The molecule has 2 amide bonds. The van der Waals surface area contributed by atoms with Gasteiger partial charge in [-0.05, 0) is 49.1 Å². The van der Waals surface area contributed by atoms with Crippen molar-refractivity contribution in [3.63, 3.8) is 0 Å². The van der Waals surface area contributed by atoms with Crippen molar-refractivity contribution in [3.05, 3.63) is 83.0 Å². The molecule has 0 radical (unpaired) electrons. The normalized spacial score (nSPS) is 12.9. The SMILES string of the molecule is NCCN(CCN)CCC(N)C(=O)NC(CCc1ccccc1)C(=O)Nc1ccc(Oc2ccc(C(F)(F)F)cn2)c(Cl)c1. The van der Waals surface area contributed by atoms with E-state index in [1.165, 1.54) is 18.2 Å². The van der Waals surface area contributed by atoms with E-state index in [9.17, 15) is 22.8 Å². The van der Waals surface area contributed by atoms with Crippen LogP contribution in [-0.4, -0.2) is 66.5 Å². The highest BCUT2D eigenvalue weighted by Gasteiger charge is 2.31. The number of rotatable bonds is 16. The molecular formula is C30H37ClF3N7O3. The van der Waals surface area contributed by atoms with Crippen molar-refractivity contribution in [1.82, 2.24) is 15.2 Å². The molecule has 0 fully saturated rings. The van der Waals surface area contributed by atoms with Crippen LogP contribution < -0.4 is 32.6 Å². The first-order valence-corrected chi connectivity index (χ1v) is 14.4. The van der Waals surface area contributed by atoms with Gasteiger partial charge in [0.15, 0.2) is 0 Å². The maximum Gasteiger partial charge on any atom is 0.417 e. The Morgan fingerprint density at radius 2 is 1.66 bits per heavy atom. The van der Waals surface area contributed by atoms with E-state index in [0.717, 1.165) is 17.7 Å². The zero-order valence-electron chi connectivity index (χ0n) is 24.0. The summed E-state index contributed by atoms with van der Waals surface area (Å²) < 4.78 is 43.9. The van der Waals surface area contributed by atoms with Gasteiger partial charge in [-0.3, -0.25) is 9.59 Å². The number of hydrogen-bond donors (Lipinski definition) is 5. The molecule has 8 N–H and O–H groups in total. The second-order valence-electron chi connectivity index (χ2n) is 10.0. The predicted molar refractivity (Wildman–Crippen MR) is 163 cm³/mol. The number of carbonyl (C=O) groups is 2. The van der Waals surface area contributed by atoms with Gasteiger partial charge in [-0.2, -0.15) is 13.2 Å². The van der Waals surface area contributed by atoms with Gasteiger partial charge in [-0.25, -0.2) is 4.98 Å². The van der Waals surface area contributed by atoms with Crippen LogP contribution in [0.15, 0.2) is 66.9 Å². The average molecular weight is 636 g/mol. The van der Waals surface area contributed by atoms with Gasteiger partial charge in [0.25, 0.3) is 0 Å². The Balaban J connectivity index is 1.67. The van der Waals surface area contributed by atoms with Gasteiger partial charge in [-0.1, -0.05) is 41.9 Å². The van der Waals surface area contributed by atoms with Gasteiger partial charge in [0.1, 0.15) is 11.8 Å². The molecule has 44 heavy (non-hydrogen) atoms. The highest BCUT2D eigenvalue weighted by atomic mass is 35.5. The second-order valence-corrected chi connectivity index (χ2v) is 10.4. The predicted octanol–water partition coefficient (Wildman–Crippen LogP) is 3.54. The number of aromatic nitrogens is 1. The van der Waals surface area contributed by atoms with E-state index in [-0.39, 0.29) is 16.7 Å². The minimum atomic E-state index is -4.53. The number of ether oxygens (including phenoxy) is 1. The summed E-state index contributed by atoms with van der Waals surface area (Å²) in [7, 11) is 0. The number of pyridine rings is 1. The van der Waals surface area contributed by atoms with Crippen molar-refractivity contribution in [2.24, 2.45) is 17.2 Å². The van der Waals surface area contributed by atoms with Gasteiger partial charge in [0.2, 0.25) is 17.7 Å². The van der Waals surface area contributed by atoms with Crippen molar-refractivity contribution < 1.29 is 27.5 Å². The number of halogens is 4. The first-order chi connectivity index (χ1) is 21.0. The van der Waals surface area contributed by atoms with Gasteiger partial charge >= 0.3 is 6.18 Å². The Bertz CT molecular complexity index is 1340. The van der Waals surface area contributed by atoms with Crippen LogP contribution in [0.3, 0.4) is 0 Å². The summed E-state index contributed by atoms with van der Waals surface area (Å²) in [6.45, 7) is 2.68. The number of amides is 2. The highest BCUT2D eigenvalue weighted by Crippen LogP contribution is 2.33. The van der Waals surface area contributed by atoms with Crippen LogP contribution in [0.25, 0.3) is 0 Å². The van der Waals surface area contributed by atoms with E-state index in [2.05, 4.69) is 15.6 Å². The van der Waals surface area contributed by atoms with E-state index in [1.807, 2.05) is 35.2 Å². The number of aryl methyl sites for hydroxylation is 1. The van der Waals surface area contributed by atoms with Crippen LogP contribution in [0.1, 0.15) is 24.0 Å². The van der Waals surface area contributed by atoms with E-state index in [0.29, 0.717) is 63.9 Å². The Labute approximate surface area is 259 Å². The highest BCUT2D eigenvalue weighted by molar-refractivity contribution is 6.32. The maximum atomic E-state index is 13.3. The number of nitrogens with two attached hydrogens (primary N) is 3. The Morgan fingerprint density at radius 1 is 0.955 bits per heavy atom. The number of alkyl halides is 3. The number of benzene rings is 2. The smallest absolute Gasteiger partial charge is 0.417 e. The Hall–Kier alpha value is -3.75. The molecule has 2 aromatic carbocycles. The summed E-state index contributed by atoms with van der Waals surface area (Å²) in [4.78, 5) is 32.1. The van der Waals surface area contributed by atoms with Crippen molar-refractivity contribution in [2.45, 2.75) is 37.5 Å². The van der Waals surface area contributed by atoms with E-state index >= 15 is 0 Å². The minimum absolute atomic E-state index is 0.0795. The van der Waals surface area contributed by atoms with E-state index in [1.54, 1.807) is 0 Å². The number of hydrogen-bond acceptors (Lipinski definition) is 8. The fraction of sp³-hybridized carbons (Fsp3) is 0.367. The molecule has 10 nitrogen and oxygen atoms in total. The van der Waals surface area contributed by atoms with Gasteiger partial charge in [-0.15, -0.1) is 0 Å². The lowest BCUT2D eigenvalue weighted by Gasteiger charge is -2.24. The molecule has 14 heteroatoms. The molecule has 0 aliphatic rings. The molecule has 1 heterocycles. The summed E-state index contributed by atoms with van der Waals surface area (Å²) in [5.41, 5.74) is 17.9. The van der Waals surface area contributed by atoms with Crippen LogP contribution in [0.4, 0.5) is 18.9 Å². The molecule has 0 saturated heterocycles. The molecule has 2 atom stereocenters. The standard InChI is InChI=1S/C30H37ClF3N7O3/c31-23-18-22(8-10-26(23)44-27-11-7-21(19-38-27)30(32,33)34)39-29(43)25(9-6-20-4-2-1-3-5-20)40-28(42)24(37)12-15-41(16-13-35)17-14-36/h1-5,7-8,10-11,18-19,24-25H,6,9,12-17,35-37H2,(H,39,43)(H,40,42). The zero-order chi connectivity index (χ0) is 32.1. The second kappa shape index (κ2) is 16.9. The van der Waals surface area contributed by atoms with Crippen LogP contribution in [0.5, 0.6) is 11.6 Å². The summed E-state index contributed by atoms with van der Waals surface area (Å²) in [5, 5.41) is 5.61. The van der Waals surface area contributed by atoms with Crippen molar-refractivity contribution in [2.75, 3.05) is 38.0 Å². The summed E-state index contributed by atoms with van der Waals surface area (Å²) in [6.07, 6.45) is -2.70. The molecule has 0 bridgehead atoms. The number of carbonyl (C=O) groups excluding carboxylic acids is 2. The van der Waals surface area contributed by atoms with Crippen LogP contribution in [0.2, 0.25) is 5.02 Å². The quantitative estimate of drug-likeness (QED) is 0.160. The fourth-order valence-corrected chi connectivity index (χ4v) is 4.49. The Morgan fingerprint density at radius 3 is 2.25 bits per heavy atom. The first kappa shape index (κ1) is 34.7. The lowest BCUT2D eigenvalue weighted by atomic mass is 10.0. The van der Waals surface area contributed by atoms with E-state index in [4.69, 9.17) is 33.5 Å². The molecule has 2 unspecified atom stereocenters. The number of nitrogens with one attached hydrogen (secondary N) is 2. The lowest BCUT2D eigenvalue weighted by molar-refractivity contribution is -0.137. The molecule has 0 aliphatic heterocycles. The van der Waals surface area contributed by atoms with Crippen LogP contribution in [-0.2, 0) is 22.2 Å². The van der Waals surface area contributed by atoms with Crippen molar-refractivity contribution in [1.29, 1.82) is 0 Å². The summed E-state index contributed by atoms with van der Waals surface area (Å²) >= 11 is 6.33. The monoisotopic (exact) mass is 635 g/mol. The van der Waals surface area contributed by atoms with Crippen LogP contribution >= 0.6 is 11.6 Å². The average Bonchev–Trinajstić information content (AvgIpc) is 2.99. The largest absolute Gasteiger partial charge is 0.437 e. The summed E-state index contributed by atoms with van der Waals surface area (Å²) in [6, 6.07) is 14.0. The van der Waals surface area contributed by atoms with Crippen molar-refractivity contribution >= 4 is 29.1 Å². The third-order valence-electron chi connectivity index (χ3n) is 6.66. The molecule has 238 valence electrons. The molecule has 3 aromatic rings. The number of nitrogens with zero attached hydrogens (tertiary/aromatic N) is 2. The maximum absolute atomic E-state index is 13.3. The van der Waals surface area contributed by atoms with Crippen LogP contribution in [0, 0.1) is 0 Å². The van der Waals surface area contributed by atoms with Gasteiger partial charge in [0.05, 0.1) is 16.6 Å². The Kier molecular flexibility index (Phi) is 13.4. The van der Waals surface area contributed by atoms with Gasteiger partial charge in [0, 0.05) is 50.7 Å². The molecule has 0 spiro atoms. The third kappa shape index (κ3) is 11.1. The third-order valence-corrected chi connectivity index (χ3v) is 6.95. The molecule has 0 aliphatic carbocycles. The first-order valence-electron chi connectivity index (χ1n) is 14.0. The molecular weight excluding hydrogens is 599 g/mol. The van der Waals surface area contributed by atoms with Crippen molar-refractivity contribution in [3.8, 4) is 11.6 Å². The molecule has 0 saturated carbocycles. The summed E-state index contributed by atoms with van der Waals surface area (Å²) in [5.74, 6) is -0.922. The zero-order valence-corrected chi connectivity index (χ0v) is 24.8. The number of anilines is 1.